The molecule has 3 rings (SSSR count). The number of primary sulfonamides is 1. The number of rotatable bonds is 4. The zero-order chi connectivity index (χ0) is 16.4. The van der Waals surface area contributed by atoms with Crippen molar-refractivity contribution in [2.45, 2.75) is 18.2 Å². The van der Waals surface area contributed by atoms with Crippen LogP contribution in [0, 0.1) is 0 Å². The van der Waals surface area contributed by atoms with Gasteiger partial charge in [0.05, 0.1) is 10.5 Å². The van der Waals surface area contributed by atoms with Gasteiger partial charge in [0.1, 0.15) is 11.5 Å². The van der Waals surface area contributed by atoms with E-state index in [4.69, 9.17) is 9.66 Å². The molecule has 0 spiro atoms. The van der Waals surface area contributed by atoms with E-state index in [1.807, 2.05) is 37.3 Å². The lowest BCUT2D eigenvalue weighted by molar-refractivity contribution is 0.389. The molecule has 0 saturated carbocycles. The molecule has 0 aliphatic carbocycles. The maximum atomic E-state index is 11.4. The van der Waals surface area contributed by atoms with E-state index in [2.05, 4.69) is 5.16 Å². The van der Waals surface area contributed by atoms with Crippen molar-refractivity contribution >= 4 is 10.0 Å². The standard InChI is InChI=1S/C17H16N2O3S/c1-2-15-16(12-8-10-14(11-9-12)23(18,20)21)17(19-22-15)13-6-4-3-5-7-13/h3-11H,2H2,1H3,(H2,18,20,21). The van der Waals surface area contributed by atoms with Gasteiger partial charge in [0.2, 0.25) is 10.0 Å². The lowest BCUT2D eigenvalue weighted by Gasteiger charge is -2.05. The van der Waals surface area contributed by atoms with Crippen molar-refractivity contribution in [3.8, 4) is 22.4 Å². The molecule has 0 amide bonds. The Hall–Kier alpha value is -2.44. The third kappa shape index (κ3) is 3.04. The number of benzene rings is 2. The number of nitrogens with zero attached hydrogens (tertiary/aromatic N) is 1. The van der Waals surface area contributed by atoms with Crippen molar-refractivity contribution in [1.82, 2.24) is 5.16 Å². The fraction of sp³-hybridized carbons (Fsp3) is 0.118. The predicted octanol–water partition coefficient (Wildman–Crippen LogP) is 3.22. The van der Waals surface area contributed by atoms with Gasteiger partial charge in [-0.2, -0.15) is 0 Å². The second-order valence-corrected chi connectivity index (χ2v) is 6.68. The van der Waals surface area contributed by atoms with Gasteiger partial charge in [-0.15, -0.1) is 0 Å². The fourth-order valence-corrected chi connectivity index (χ4v) is 2.98. The summed E-state index contributed by atoms with van der Waals surface area (Å²) < 4.78 is 28.2. The van der Waals surface area contributed by atoms with Crippen molar-refractivity contribution < 1.29 is 12.9 Å². The van der Waals surface area contributed by atoms with E-state index in [0.717, 1.165) is 28.1 Å². The highest BCUT2D eigenvalue weighted by molar-refractivity contribution is 7.89. The largest absolute Gasteiger partial charge is 0.360 e. The maximum Gasteiger partial charge on any atom is 0.238 e. The minimum Gasteiger partial charge on any atom is -0.360 e. The highest BCUT2D eigenvalue weighted by atomic mass is 32.2. The first kappa shape index (κ1) is 15.5. The van der Waals surface area contributed by atoms with Crippen molar-refractivity contribution in [3.63, 3.8) is 0 Å². The number of aryl methyl sites for hydroxylation is 1. The van der Waals surface area contributed by atoms with Crippen LogP contribution in [0.3, 0.4) is 0 Å². The normalized spacial score (nSPS) is 11.6. The van der Waals surface area contributed by atoms with E-state index < -0.39 is 10.0 Å². The van der Waals surface area contributed by atoms with Crippen molar-refractivity contribution in [1.29, 1.82) is 0 Å². The lowest BCUT2D eigenvalue weighted by Crippen LogP contribution is -2.11. The summed E-state index contributed by atoms with van der Waals surface area (Å²) in [7, 11) is -3.71. The Balaban J connectivity index is 2.14. The minimum absolute atomic E-state index is 0.0806. The van der Waals surface area contributed by atoms with Crippen LogP contribution in [0.2, 0.25) is 0 Å². The van der Waals surface area contributed by atoms with Crippen molar-refractivity contribution in [3.05, 3.63) is 60.4 Å². The second-order valence-electron chi connectivity index (χ2n) is 5.12. The van der Waals surface area contributed by atoms with Crippen LogP contribution in [-0.2, 0) is 16.4 Å². The van der Waals surface area contributed by atoms with E-state index in [1.54, 1.807) is 12.1 Å². The molecular weight excluding hydrogens is 312 g/mol. The molecule has 0 aliphatic heterocycles. The molecule has 0 radical (unpaired) electrons. The molecule has 0 unspecified atom stereocenters. The average molecular weight is 328 g/mol. The van der Waals surface area contributed by atoms with Gasteiger partial charge in [-0.25, -0.2) is 13.6 Å². The zero-order valence-electron chi connectivity index (χ0n) is 12.6. The third-order valence-corrected chi connectivity index (χ3v) is 4.53. The molecule has 2 aromatic carbocycles. The Morgan fingerprint density at radius 2 is 1.65 bits per heavy atom. The molecule has 0 bridgehead atoms. The van der Waals surface area contributed by atoms with Gasteiger partial charge in [0, 0.05) is 12.0 Å². The minimum atomic E-state index is -3.71. The number of hydrogen-bond acceptors (Lipinski definition) is 4. The Bertz CT molecular complexity index is 914. The zero-order valence-corrected chi connectivity index (χ0v) is 13.4. The first-order chi connectivity index (χ1) is 11.0. The highest BCUT2D eigenvalue weighted by Gasteiger charge is 2.18. The second kappa shape index (κ2) is 5.98. The fourth-order valence-electron chi connectivity index (χ4n) is 2.47. The van der Waals surface area contributed by atoms with Crippen LogP contribution in [0.15, 0.2) is 64.0 Å². The van der Waals surface area contributed by atoms with Crippen LogP contribution in [0.25, 0.3) is 22.4 Å². The van der Waals surface area contributed by atoms with E-state index in [9.17, 15) is 8.42 Å². The van der Waals surface area contributed by atoms with Crippen LogP contribution >= 0.6 is 0 Å². The maximum absolute atomic E-state index is 11.4. The van der Waals surface area contributed by atoms with Gasteiger partial charge in [-0.1, -0.05) is 54.5 Å². The van der Waals surface area contributed by atoms with Gasteiger partial charge < -0.3 is 4.52 Å². The van der Waals surface area contributed by atoms with Gasteiger partial charge >= 0.3 is 0 Å². The molecule has 118 valence electrons. The molecule has 0 aliphatic rings. The molecule has 23 heavy (non-hydrogen) atoms. The predicted molar refractivity (Wildman–Crippen MR) is 88.1 cm³/mol. The summed E-state index contributed by atoms with van der Waals surface area (Å²) in [4.78, 5) is 0.0806. The first-order valence-electron chi connectivity index (χ1n) is 7.18. The monoisotopic (exact) mass is 328 g/mol. The van der Waals surface area contributed by atoms with Crippen LogP contribution in [0.1, 0.15) is 12.7 Å². The highest BCUT2D eigenvalue weighted by Crippen LogP contribution is 2.35. The van der Waals surface area contributed by atoms with Crippen molar-refractivity contribution in [2.24, 2.45) is 5.14 Å². The van der Waals surface area contributed by atoms with Crippen LogP contribution in [-0.4, -0.2) is 13.6 Å². The molecule has 3 aromatic rings. The molecule has 0 atom stereocenters. The van der Waals surface area contributed by atoms with E-state index in [1.165, 1.54) is 12.1 Å². The molecular formula is C17H16N2O3S. The molecule has 6 heteroatoms. The molecule has 2 N–H and O–H groups in total. The summed E-state index contributed by atoms with van der Waals surface area (Å²) in [5.41, 5.74) is 3.40. The molecule has 0 fully saturated rings. The summed E-state index contributed by atoms with van der Waals surface area (Å²) in [6.07, 6.45) is 0.687. The summed E-state index contributed by atoms with van der Waals surface area (Å²) in [6, 6.07) is 16.1. The van der Waals surface area contributed by atoms with Crippen LogP contribution < -0.4 is 5.14 Å². The number of hydrogen-bond donors (Lipinski definition) is 1. The Kier molecular flexibility index (Phi) is 4.02. The van der Waals surface area contributed by atoms with Gasteiger partial charge in [0.15, 0.2) is 0 Å². The smallest absolute Gasteiger partial charge is 0.238 e. The van der Waals surface area contributed by atoms with Gasteiger partial charge in [0.25, 0.3) is 0 Å². The van der Waals surface area contributed by atoms with Crippen LogP contribution in [0.5, 0.6) is 0 Å². The van der Waals surface area contributed by atoms with Crippen LogP contribution in [0.4, 0.5) is 0 Å². The van der Waals surface area contributed by atoms with E-state index in [-0.39, 0.29) is 4.90 Å². The summed E-state index contributed by atoms with van der Waals surface area (Å²) >= 11 is 0. The van der Waals surface area contributed by atoms with Gasteiger partial charge in [-0.3, -0.25) is 0 Å². The summed E-state index contributed by atoms with van der Waals surface area (Å²) in [5.74, 6) is 0.757. The summed E-state index contributed by atoms with van der Waals surface area (Å²) in [6.45, 7) is 1.98. The van der Waals surface area contributed by atoms with E-state index in [0.29, 0.717) is 6.42 Å². The quantitative estimate of drug-likeness (QED) is 0.796. The molecule has 1 aromatic heterocycles. The van der Waals surface area contributed by atoms with Gasteiger partial charge in [-0.05, 0) is 17.7 Å². The van der Waals surface area contributed by atoms with Crippen molar-refractivity contribution in [2.75, 3.05) is 0 Å². The lowest BCUT2D eigenvalue weighted by atomic mass is 9.98. The summed E-state index contributed by atoms with van der Waals surface area (Å²) in [5, 5.41) is 9.33. The van der Waals surface area contributed by atoms with E-state index >= 15 is 0 Å². The molecule has 0 saturated heterocycles. The topological polar surface area (TPSA) is 86.2 Å². The first-order valence-corrected chi connectivity index (χ1v) is 8.72. The Morgan fingerprint density at radius 1 is 1.00 bits per heavy atom. The SMILES string of the molecule is CCc1onc(-c2ccccc2)c1-c1ccc(S(N)(=O)=O)cc1. The molecule has 1 heterocycles. The average Bonchev–Trinajstić information content (AvgIpc) is 2.99. The Morgan fingerprint density at radius 3 is 2.22 bits per heavy atom. The number of nitrogens with two attached hydrogens (primary N) is 1. The Labute approximate surface area is 134 Å². The number of sulfonamides is 1. The third-order valence-electron chi connectivity index (χ3n) is 3.60. The molecule has 5 nitrogen and oxygen atoms in total. The number of aromatic nitrogens is 1.